The summed E-state index contributed by atoms with van der Waals surface area (Å²) in [5, 5.41) is 3.05. The van der Waals surface area contributed by atoms with Gasteiger partial charge in [0, 0.05) is 12.8 Å². The average Bonchev–Trinajstić information content (AvgIpc) is 3.39. The predicted octanol–water partition coefficient (Wildman–Crippen LogP) is 19.8. The molecule has 0 saturated heterocycles. The second-order valence-corrected chi connectivity index (χ2v) is 24.0. The van der Waals surface area contributed by atoms with Gasteiger partial charge in [-0.25, -0.2) is 4.57 Å². The van der Waals surface area contributed by atoms with E-state index in [0.717, 1.165) is 122 Å². The van der Waals surface area contributed by atoms with E-state index >= 15 is 0 Å². The minimum atomic E-state index is -4.46. The average molecular weight is 1100 g/mol. The highest BCUT2D eigenvalue weighted by atomic mass is 31.2. The van der Waals surface area contributed by atoms with Gasteiger partial charge in [-0.15, -0.1) is 0 Å². The molecule has 0 heterocycles. The fraction of sp³-hybridized carbons (Fsp3) is 0.761. The zero-order valence-electron chi connectivity index (χ0n) is 50.9. The van der Waals surface area contributed by atoms with Gasteiger partial charge in [0.05, 0.1) is 33.8 Å². The Hall–Kier alpha value is -2.81. The van der Waals surface area contributed by atoms with Crippen molar-refractivity contribution in [2.75, 3.05) is 40.9 Å². The summed E-state index contributed by atoms with van der Waals surface area (Å²) in [6, 6.07) is -0.864. The summed E-state index contributed by atoms with van der Waals surface area (Å²) >= 11 is 0. The quantitative estimate of drug-likeness (QED) is 0.0205. The number of hydrogen-bond donors (Lipinski definition) is 2. The minimum Gasteiger partial charge on any atom is -0.456 e. The zero-order chi connectivity index (χ0) is 56.4. The number of quaternary nitrogens is 1. The van der Waals surface area contributed by atoms with Gasteiger partial charge >= 0.3 is 13.8 Å². The van der Waals surface area contributed by atoms with Gasteiger partial charge in [-0.3, -0.25) is 18.6 Å². The summed E-state index contributed by atoms with van der Waals surface area (Å²) < 4.78 is 30.7. The standard InChI is InChI=1S/C67H121N2O7P/c1-7-10-13-16-19-22-25-28-30-32-33-34-35-37-38-41-44-47-50-53-56-59-66(70)68-64(63-75-77(72,73)74-62-61-69(4,5)6)65(58-55-52-49-46-43-40-27-24-21-18-15-12-9-3)76-67(71)60-57-54-51-48-45-42-39-36-31-29-26-23-20-17-14-11-8-2/h10,13,19,22,28-31,33-34,37-38,55,58,64-65H,7-9,11-12,14-18,20-21,23-27,32,35-36,39-54,56-57,59-63H2,1-6H3,(H-,68,70,72,73)/p+1/b13-10-,22-19-,30-28-,31-29+,34-33-,38-37-,58-55-. The molecule has 3 unspecified atom stereocenters. The Kier molecular flexibility index (Phi) is 54.4. The van der Waals surface area contributed by atoms with E-state index < -0.39 is 20.0 Å². The van der Waals surface area contributed by atoms with Gasteiger partial charge in [0.15, 0.2) is 0 Å². The third kappa shape index (κ3) is 57.7. The van der Waals surface area contributed by atoms with Gasteiger partial charge in [0.25, 0.3) is 0 Å². The smallest absolute Gasteiger partial charge is 0.456 e. The Labute approximate surface area is 476 Å². The molecule has 0 bridgehead atoms. The predicted molar refractivity (Wildman–Crippen MR) is 332 cm³/mol. The number of esters is 1. The van der Waals surface area contributed by atoms with Gasteiger partial charge in [-0.2, -0.15) is 0 Å². The van der Waals surface area contributed by atoms with Crippen molar-refractivity contribution in [3.8, 4) is 0 Å². The number of rotatable bonds is 57. The molecule has 0 rings (SSSR count). The topological polar surface area (TPSA) is 111 Å². The van der Waals surface area contributed by atoms with E-state index in [1.54, 1.807) is 0 Å². The number of likely N-dealkylation sites (N-methyl/N-ethyl adjacent to an activating group) is 1. The van der Waals surface area contributed by atoms with Crippen molar-refractivity contribution in [1.82, 2.24) is 5.32 Å². The molecule has 2 N–H and O–H groups in total. The summed E-state index contributed by atoms with van der Waals surface area (Å²) in [5.41, 5.74) is 0. The van der Waals surface area contributed by atoms with Crippen LogP contribution in [0.1, 0.15) is 278 Å². The van der Waals surface area contributed by atoms with Crippen molar-refractivity contribution in [3.05, 3.63) is 85.1 Å². The van der Waals surface area contributed by atoms with Crippen molar-refractivity contribution in [3.63, 3.8) is 0 Å². The van der Waals surface area contributed by atoms with Crippen LogP contribution in [0.3, 0.4) is 0 Å². The lowest BCUT2D eigenvalue weighted by atomic mass is 10.0. The van der Waals surface area contributed by atoms with Crippen LogP contribution in [0.5, 0.6) is 0 Å². The highest BCUT2D eigenvalue weighted by molar-refractivity contribution is 7.47. The maximum Gasteiger partial charge on any atom is 0.472 e. The van der Waals surface area contributed by atoms with Crippen LogP contribution >= 0.6 is 7.82 Å². The van der Waals surface area contributed by atoms with Gasteiger partial charge in [-0.05, 0) is 102 Å². The molecule has 0 radical (unpaired) electrons. The van der Waals surface area contributed by atoms with Crippen LogP contribution in [0.2, 0.25) is 0 Å². The van der Waals surface area contributed by atoms with E-state index in [1.165, 1.54) is 122 Å². The van der Waals surface area contributed by atoms with Gasteiger partial charge < -0.3 is 19.4 Å². The maximum absolute atomic E-state index is 13.6. The van der Waals surface area contributed by atoms with Crippen LogP contribution in [0.4, 0.5) is 0 Å². The first-order valence-electron chi connectivity index (χ1n) is 31.9. The van der Waals surface area contributed by atoms with Crippen LogP contribution < -0.4 is 5.32 Å². The molecule has 1 amide bonds. The third-order valence-electron chi connectivity index (χ3n) is 13.8. The summed E-state index contributed by atoms with van der Waals surface area (Å²) in [5.74, 6) is -0.530. The zero-order valence-corrected chi connectivity index (χ0v) is 51.8. The van der Waals surface area contributed by atoms with Crippen molar-refractivity contribution in [2.45, 2.75) is 290 Å². The number of hydrogen-bond acceptors (Lipinski definition) is 6. The maximum atomic E-state index is 13.6. The first-order valence-corrected chi connectivity index (χ1v) is 33.4. The van der Waals surface area contributed by atoms with Crippen molar-refractivity contribution < 1.29 is 37.3 Å². The van der Waals surface area contributed by atoms with E-state index in [-0.39, 0.29) is 31.5 Å². The second kappa shape index (κ2) is 56.5. The molecule has 77 heavy (non-hydrogen) atoms. The molecule has 0 spiro atoms. The molecule has 9 nitrogen and oxygen atoms in total. The van der Waals surface area contributed by atoms with Crippen molar-refractivity contribution >= 4 is 19.7 Å². The Morgan fingerprint density at radius 1 is 0.468 bits per heavy atom. The lowest BCUT2D eigenvalue weighted by Crippen LogP contribution is -2.47. The number of phosphoric ester groups is 1. The highest BCUT2D eigenvalue weighted by Crippen LogP contribution is 2.43. The molecule has 0 aromatic carbocycles. The Balaban J connectivity index is 5.31. The van der Waals surface area contributed by atoms with E-state index in [4.69, 9.17) is 13.8 Å². The molecular formula is C67H122N2O7P+. The summed E-state index contributed by atoms with van der Waals surface area (Å²) in [7, 11) is 1.47. The normalized spacial score (nSPS) is 14.2. The Morgan fingerprint density at radius 2 is 0.831 bits per heavy atom. The highest BCUT2D eigenvalue weighted by Gasteiger charge is 2.30. The van der Waals surface area contributed by atoms with Crippen LogP contribution in [-0.4, -0.2) is 74.3 Å². The third-order valence-corrected chi connectivity index (χ3v) is 14.8. The van der Waals surface area contributed by atoms with Crippen LogP contribution in [-0.2, 0) is 27.9 Å². The fourth-order valence-electron chi connectivity index (χ4n) is 8.90. The molecule has 3 atom stereocenters. The minimum absolute atomic E-state index is 0.0323. The van der Waals surface area contributed by atoms with Crippen molar-refractivity contribution in [2.24, 2.45) is 0 Å². The van der Waals surface area contributed by atoms with E-state index in [2.05, 4.69) is 99.0 Å². The molecule has 0 fully saturated rings. The number of allylic oxidation sites excluding steroid dienone is 13. The SMILES string of the molecule is CC/C=C\C/C=C\C/C=C\C/C=C\C/C=C\CCCCCCCC(=O)NC(COP(=O)(O)OCC[N+](C)(C)C)C(/C=C\CCCCCCCCCCCCC)OC(=O)CCCCCCCCC/C=C/CCCCCCCC. The van der Waals surface area contributed by atoms with Crippen LogP contribution in [0.15, 0.2) is 85.1 Å². The number of phosphoric acid groups is 1. The van der Waals surface area contributed by atoms with Gasteiger partial charge in [0.1, 0.15) is 19.3 Å². The molecular weight excluding hydrogens is 976 g/mol. The summed E-state index contributed by atoms with van der Waals surface area (Å²) in [4.78, 5) is 37.8. The first-order chi connectivity index (χ1) is 37.4. The number of unbranched alkanes of at least 4 members (excludes halogenated alkanes) is 29. The molecule has 10 heteroatoms. The molecule has 0 aliphatic carbocycles. The second-order valence-electron chi connectivity index (χ2n) is 22.5. The van der Waals surface area contributed by atoms with Gasteiger partial charge in [-0.1, -0.05) is 247 Å². The molecule has 0 aliphatic heterocycles. The lowest BCUT2D eigenvalue weighted by Gasteiger charge is -2.27. The molecule has 0 aliphatic rings. The van der Waals surface area contributed by atoms with E-state index in [1.807, 2.05) is 33.3 Å². The largest absolute Gasteiger partial charge is 0.472 e. The molecule has 0 aromatic heterocycles. The molecule has 446 valence electrons. The van der Waals surface area contributed by atoms with E-state index in [0.29, 0.717) is 17.4 Å². The molecule has 0 aromatic rings. The number of nitrogens with one attached hydrogen (secondary N) is 1. The fourth-order valence-corrected chi connectivity index (χ4v) is 9.64. The number of nitrogens with zero attached hydrogens (tertiary/aromatic N) is 1. The molecule has 0 saturated carbocycles. The summed E-state index contributed by atoms with van der Waals surface area (Å²) in [6.45, 7) is 6.89. The number of carbonyl (C=O) groups excluding carboxylic acids is 2. The van der Waals surface area contributed by atoms with Crippen molar-refractivity contribution in [1.29, 1.82) is 0 Å². The monoisotopic (exact) mass is 1100 g/mol. The summed E-state index contributed by atoms with van der Waals surface area (Å²) in [6.07, 6.45) is 74.3. The van der Waals surface area contributed by atoms with Crippen LogP contribution in [0, 0.1) is 0 Å². The van der Waals surface area contributed by atoms with Crippen LogP contribution in [0.25, 0.3) is 0 Å². The van der Waals surface area contributed by atoms with E-state index in [9.17, 15) is 19.0 Å². The number of ether oxygens (including phenoxy) is 1. The Morgan fingerprint density at radius 3 is 1.26 bits per heavy atom. The lowest BCUT2D eigenvalue weighted by molar-refractivity contribution is -0.870. The first kappa shape index (κ1) is 74.2. The number of carbonyl (C=O) groups is 2. The van der Waals surface area contributed by atoms with Gasteiger partial charge in [0.2, 0.25) is 5.91 Å². The number of amides is 1. The Bertz CT molecular complexity index is 1590.